The fraction of sp³-hybridized carbons (Fsp3) is 0.571. The topological polar surface area (TPSA) is 128 Å². The average Bonchev–Trinajstić information content (AvgIpc) is 2.49. The Morgan fingerprint density at radius 1 is 1.52 bits per heavy atom. The van der Waals surface area contributed by atoms with Crippen molar-refractivity contribution in [1.29, 1.82) is 0 Å². The molecule has 8 nitrogen and oxygen atoms in total. The Labute approximate surface area is 137 Å². The highest BCUT2D eigenvalue weighted by Gasteiger charge is 2.13. The molecule has 0 saturated carbocycles. The predicted molar refractivity (Wildman–Crippen MR) is 87.3 cm³/mol. The van der Waals surface area contributed by atoms with Crippen LogP contribution in [-0.2, 0) is 11.3 Å². The Morgan fingerprint density at radius 2 is 2.22 bits per heavy atom. The molecule has 0 bridgehead atoms. The summed E-state index contributed by atoms with van der Waals surface area (Å²) in [5.41, 5.74) is -1.76. The number of carboxylic acids is 1. The fourth-order valence-corrected chi connectivity index (χ4v) is 2.32. The average molecular weight is 342 g/mol. The van der Waals surface area contributed by atoms with Gasteiger partial charge >= 0.3 is 5.69 Å². The second kappa shape index (κ2) is 9.19. The van der Waals surface area contributed by atoms with Crippen LogP contribution in [0.25, 0.3) is 0 Å². The van der Waals surface area contributed by atoms with Crippen molar-refractivity contribution < 1.29 is 15.0 Å². The number of nitrogens with zero attached hydrogens (tertiary/aromatic N) is 2. The molecule has 0 aliphatic heterocycles. The number of carboxylic acid groups (broad SMARTS) is 1. The molecule has 23 heavy (non-hydrogen) atoms. The lowest BCUT2D eigenvalue weighted by molar-refractivity contribution is -0.307. The number of hydrogen-bond acceptors (Lipinski definition) is 7. The Bertz CT molecular complexity index is 680. The van der Waals surface area contributed by atoms with Gasteiger partial charge in [-0.05, 0) is 24.9 Å². The van der Waals surface area contributed by atoms with Crippen LogP contribution < -0.4 is 16.4 Å². The predicted octanol–water partition coefficient (Wildman–Crippen LogP) is -0.667. The third kappa shape index (κ3) is 5.27. The van der Waals surface area contributed by atoms with E-state index in [0.717, 1.165) is 17.2 Å². The maximum atomic E-state index is 11.8. The van der Waals surface area contributed by atoms with E-state index in [1.165, 1.54) is 11.8 Å². The number of nitrogens with one attached hydrogen (secondary N) is 1. The van der Waals surface area contributed by atoms with Crippen molar-refractivity contribution in [2.45, 2.75) is 38.8 Å². The molecule has 1 aromatic heterocycles. The van der Waals surface area contributed by atoms with E-state index < -0.39 is 29.1 Å². The van der Waals surface area contributed by atoms with E-state index in [0.29, 0.717) is 12.2 Å². The molecule has 1 aromatic rings. The molecule has 128 valence electrons. The van der Waals surface area contributed by atoms with E-state index in [1.54, 1.807) is 0 Å². The highest BCUT2D eigenvalue weighted by Crippen LogP contribution is 2.10. The first-order chi connectivity index (χ1) is 10.9. The molecule has 0 aliphatic rings. The molecular formula is C14H20N3O5S-. The zero-order valence-electron chi connectivity index (χ0n) is 13.1. The van der Waals surface area contributed by atoms with Crippen molar-refractivity contribution in [2.24, 2.45) is 4.99 Å². The van der Waals surface area contributed by atoms with Gasteiger partial charge < -0.3 is 15.0 Å². The zero-order chi connectivity index (χ0) is 17.4. The summed E-state index contributed by atoms with van der Waals surface area (Å²) in [5, 5.41) is 21.1. The lowest BCUT2D eigenvalue weighted by Crippen LogP contribution is -2.35. The maximum absolute atomic E-state index is 11.8. The fourth-order valence-electron chi connectivity index (χ4n) is 1.86. The van der Waals surface area contributed by atoms with Crippen LogP contribution in [0, 0.1) is 0 Å². The molecule has 0 amide bonds. The van der Waals surface area contributed by atoms with Gasteiger partial charge in [-0.15, -0.1) is 0 Å². The van der Waals surface area contributed by atoms with E-state index in [9.17, 15) is 24.6 Å². The smallest absolute Gasteiger partial charge is 0.331 e. The number of carbonyl (C=O) groups is 1. The van der Waals surface area contributed by atoms with Gasteiger partial charge in [0.15, 0.2) is 0 Å². The summed E-state index contributed by atoms with van der Waals surface area (Å²) in [6.07, 6.45) is 4.50. The van der Waals surface area contributed by atoms with Gasteiger partial charge in [0.1, 0.15) is 5.56 Å². The number of aliphatic carboxylic acids is 1. The zero-order valence-corrected chi connectivity index (χ0v) is 13.9. The van der Waals surface area contributed by atoms with Crippen molar-refractivity contribution in [1.82, 2.24) is 9.55 Å². The summed E-state index contributed by atoms with van der Waals surface area (Å²) >= 11 is 1.46. The molecule has 0 spiro atoms. The largest absolute Gasteiger partial charge is 0.548 e. The monoisotopic (exact) mass is 342 g/mol. The van der Waals surface area contributed by atoms with Crippen LogP contribution in [-0.4, -0.2) is 44.9 Å². The molecule has 0 unspecified atom stereocenters. The van der Waals surface area contributed by atoms with Crippen LogP contribution in [0.15, 0.2) is 14.6 Å². The first-order valence-corrected chi connectivity index (χ1v) is 8.60. The maximum Gasteiger partial charge on any atom is 0.331 e. The number of carbonyl (C=O) groups excluding carboxylic acids is 1. The number of rotatable bonds is 9. The van der Waals surface area contributed by atoms with Gasteiger partial charge in [-0.2, -0.15) is 11.8 Å². The molecule has 2 N–H and O–H groups in total. The number of aliphatic imine (C=N–C) groups is 1. The molecule has 9 heteroatoms. The lowest BCUT2D eigenvalue weighted by Gasteiger charge is -2.13. The second-order valence-corrected chi connectivity index (χ2v) is 5.88. The summed E-state index contributed by atoms with van der Waals surface area (Å²) in [5.74, 6) is -1.31. The highest BCUT2D eigenvalue weighted by molar-refractivity contribution is 7.98. The number of thioether (sulfide) groups is 1. The molecule has 0 radical (unpaired) electrons. The van der Waals surface area contributed by atoms with Gasteiger partial charge in [0, 0.05) is 12.8 Å². The third-order valence-electron chi connectivity index (χ3n) is 3.19. The van der Waals surface area contributed by atoms with Crippen LogP contribution in [0.4, 0.5) is 0 Å². The second-order valence-electron chi connectivity index (χ2n) is 4.90. The van der Waals surface area contributed by atoms with E-state index >= 15 is 0 Å². The minimum absolute atomic E-state index is 0.240. The number of aromatic nitrogens is 2. The van der Waals surface area contributed by atoms with E-state index in [2.05, 4.69) is 9.98 Å². The van der Waals surface area contributed by atoms with Crippen molar-refractivity contribution in [3.8, 4) is 5.88 Å². The van der Waals surface area contributed by atoms with Crippen LogP contribution in [0.1, 0.15) is 31.7 Å². The summed E-state index contributed by atoms with van der Waals surface area (Å²) in [6.45, 7) is 2.17. The standard InChI is InChI=1S/C14H21N3O5S/c1-3-4-6-17-12(19)9(11(18)16-14(17)22)8-15-10(13(20)21)5-7-23-2/h8,10,19H,3-7H2,1-2H3,(H,20,21)(H,16,18,22)/p-1/t10-/m0/s1. The minimum atomic E-state index is -1.36. The number of hydrogen-bond donors (Lipinski definition) is 2. The number of unbranched alkanes of at least 4 members (excludes halogenated alkanes) is 1. The third-order valence-corrected chi connectivity index (χ3v) is 3.84. The Morgan fingerprint density at radius 3 is 2.78 bits per heavy atom. The molecule has 1 atom stereocenters. The molecular weight excluding hydrogens is 322 g/mol. The molecule has 1 rings (SSSR count). The quantitative estimate of drug-likeness (QED) is 0.573. The van der Waals surface area contributed by atoms with Gasteiger partial charge in [0.25, 0.3) is 5.56 Å². The minimum Gasteiger partial charge on any atom is -0.548 e. The summed E-state index contributed by atoms with van der Waals surface area (Å²) in [6, 6.07) is -1.11. The van der Waals surface area contributed by atoms with Crippen molar-refractivity contribution in [2.75, 3.05) is 12.0 Å². The van der Waals surface area contributed by atoms with Crippen LogP contribution >= 0.6 is 11.8 Å². The first kappa shape index (κ1) is 19.0. The summed E-state index contributed by atoms with van der Waals surface area (Å²) in [7, 11) is 0. The highest BCUT2D eigenvalue weighted by atomic mass is 32.2. The summed E-state index contributed by atoms with van der Waals surface area (Å²) < 4.78 is 1.03. The first-order valence-electron chi connectivity index (χ1n) is 7.21. The van der Waals surface area contributed by atoms with Crippen molar-refractivity contribution in [3.05, 3.63) is 26.4 Å². The Balaban J connectivity index is 3.16. The van der Waals surface area contributed by atoms with Gasteiger partial charge in [0.05, 0.1) is 12.0 Å². The van der Waals surface area contributed by atoms with Crippen molar-refractivity contribution >= 4 is 23.9 Å². The van der Waals surface area contributed by atoms with Gasteiger partial charge in [0.2, 0.25) is 5.88 Å². The van der Waals surface area contributed by atoms with Crippen LogP contribution in [0.5, 0.6) is 5.88 Å². The van der Waals surface area contributed by atoms with Gasteiger partial charge in [-0.25, -0.2) is 4.79 Å². The molecule has 0 aromatic carbocycles. The summed E-state index contributed by atoms with van der Waals surface area (Å²) in [4.78, 5) is 40.4. The molecule has 0 aliphatic carbocycles. The van der Waals surface area contributed by atoms with Crippen molar-refractivity contribution in [3.63, 3.8) is 0 Å². The van der Waals surface area contributed by atoms with Gasteiger partial charge in [-0.1, -0.05) is 13.3 Å². The van der Waals surface area contributed by atoms with E-state index in [-0.39, 0.29) is 18.5 Å². The molecule has 1 heterocycles. The molecule has 0 saturated heterocycles. The lowest BCUT2D eigenvalue weighted by atomic mass is 10.2. The molecule has 0 fully saturated rings. The number of aromatic hydroxyl groups is 1. The van der Waals surface area contributed by atoms with Crippen LogP contribution in [0.2, 0.25) is 0 Å². The normalized spacial score (nSPS) is 12.6. The number of aromatic amines is 1. The van der Waals surface area contributed by atoms with Crippen LogP contribution in [0.3, 0.4) is 0 Å². The Kier molecular flexibility index (Phi) is 7.60. The number of H-pyrrole nitrogens is 1. The van der Waals surface area contributed by atoms with E-state index in [4.69, 9.17) is 0 Å². The van der Waals surface area contributed by atoms with E-state index in [1.807, 2.05) is 13.2 Å². The van der Waals surface area contributed by atoms with Gasteiger partial charge in [-0.3, -0.25) is 19.3 Å². The SMILES string of the molecule is CCCCn1c(O)c(C=N[C@@H](CCSC)C(=O)[O-])c(=O)[nH]c1=O. The Hall–Kier alpha value is -2.03.